The largest absolute Gasteiger partial charge is 0.507 e. The fourth-order valence-electron chi connectivity index (χ4n) is 4.63. The Labute approximate surface area is 184 Å². The van der Waals surface area contributed by atoms with Crippen LogP contribution in [0.25, 0.3) is 22.3 Å². The summed E-state index contributed by atoms with van der Waals surface area (Å²) in [7, 11) is 0. The summed E-state index contributed by atoms with van der Waals surface area (Å²) in [6.45, 7) is 5.33. The van der Waals surface area contributed by atoms with Gasteiger partial charge in [-0.15, -0.1) is 0 Å². The summed E-state index contributed by atoms with van der Waals surface area (Å²) in [5.41, 5.74) is 1.83. The van der Waals surface area contributed by atoms with E-state index in [0.29, 0.717) is 46.5 Å². The average Bonchev–Trinajstić information content (AvgIpc) is 3.15. The Kier molecular flexibility index (Phi) is 4.79. The zero-order chi connectivity index (χ0) is 22.6. The van der Waals surface area contributed by atoms with Crippen molar-refractivity contribution in [1.29, 1.82) is 0 Å². The number of esters is 1. The Hall–Kier alpha value is -3.23. The van der Waals surface area contributed by atoms with Crippen LogP contribution < -0.4 is 10.9 Å². The van der Waals surface area contributed by atoms with Crippen LogP contribution in [0.1, 0.15) is 48.9 Å². The van der Waals surface area contributed by atoms with Crippen LogP contribution in [-0.4, -0.2) is 32.3 Å². The molecule has 2 aromatic heterocycles. The molecule has 0 saturated carbocycles. The van der Waals surface area contributed by atoms with Crippen LogP contribution in [0.15, 0.2) is 29.1 Å². The van der Waals surface area contributed by atoms with E-state index >= 15 is 0 Å². The summed E-state index contributed by atoms with van der Waals surface area (Å²) in [5, 5.41) is 25.7. The lowest BCUT2D eigenvalue weighted by Crippen LogP contribution is -2.44. The maximum atomic E-state index is 13.2. The quantitative estimate of drug-likeness (QED) is 0.326. The summed E-state index contributed by atoms with van der Waals surface area (Å²) >= 11 is 0. The topological polar surface area (TPSA) is 114 Å². The molecule has 1 aromatic carbocycles. The number of cyclic esters (lactones) is 1. The number of phenolic OH excluding ortho intramolecular Hbond substituents is 1. The minimum atomic E-state index is -1.85. The van der Waals surface area contributed by atoms with Crippen molar-refractivity contribution in [2.24, 2.45) is 0 Å². The number of aromatic nitrogens is 2. The Morgan fingerprint density at radius 1 is 1.25 bits per heavy atom. The lowest BCUT2D eigenvalue weighted by molar-refractivity contribution is -0.172. The first kappa shape index (κ1) is 20.7. The van der Waals surface area contributed by atoms with Crippen molar-refractivity contribution in [1.82, 2.24) is 14.9 Å². The van der Waals surface area contributed by atoms with Crippen LogP contribution in [0.3, 0.4) is 0 Å². The molecule has 4 heterocycles. The molecule has 1 atom stereocenters. The molecular formula is C24H25N3O5. The van der Waals surface area contributed by atoms with Gasteiger partial charge < -0.3 is 24.8 Å². The fourth-order valence-corrected chi connectivity index (χ4v) is 4.63. The van der Waals surface area contributed by atoms with E-state index in [0.717, 1.165) is 24.1 Å². The molecule has 0 fully saturated rings. The van der Waals surface area contributed by atoms with Crippen molar-refractivity contribution in [3.63, 3.8) is 0 Å². The van der Waals surface area contributed by atoms with E-state index < -0.39 is 11.6 Å². The molecule has 3 aromatic rings. The predicted octanol–water partition coefficient (Wildman–Crippen LogP) is 2.28. The standard InChI is InChI=1S/C24H25N3O5/c1-3-7-25-10-13-5-6-18-15(21(13)28)8-14-11-27-19(20(14)26-18)9-17-16(22(27)29)12-32-23(30)24(17,31)4-2/h5-6,8-9,25,28,31H,3-4,7,10-12H2,1-2H3. The summed E-state index contributed by atoms with van der Waals surface area (Å²) in [4.78, 5) is 30.2. The molecule has 5 rings (SSSR count). The van der Waals surface area contributed by atoms with Gasteiger partial charge in [-0.05, 0) is 37.6 Å². The van der Waals surface area contributed by atoms with Crippen LogP contribution in [0.4, 0.5) is 0 Å². The number of carbonyl (C=O) groups is 1. The van der Waals surface area contributed by atoms with Crippen LogP contribution in [0, 0.1) is 0 Å². The van der Waals surface area contributed by atoms with Gasteiger partial charge in [0.05, 0.1) is 29.0 Å². The summed E-state index contributed by atoms with van der Waals surface area (Å²) in [6.07, 6.45) is 1.10. The Morgan fingerprint density at radius 3 is 2.81 bits per heavy atom. The lowest BCUT2D eigenvalue weighted by Gasteiger charge is -2.31. The van der Waals surface area contributed by atoms with Crippen LogP contribution in [0.2, 0.25) is 0 Å². The molecule has 3 N–H and O–H groups in total. The van der Waals surface area contributed by atoms with Gasteiger partial charge in [-0.1, -0.05) is 19.9 Å². The van der Waals surface area contributed by atoms with E-state index in [1.807, 2.05) is 18.2 Å². The van der Waals surface area contributed by atoms with Gasteiger partial charge in [0.15, 0.2) is 5.60 Å². The van der Waals surface area contributed by atoms with Crippen molar-refractivity contribution in [3.05, 3.63) is 56.9 Å². The smallest absolute Gasteiger partial charge is 0.343 e. The van der Waals surface area contributed by atoms with Gasteiger partial charge in [-0.3, -0.25) is 4.79 Å². The Balaban J connectivity index is 1.65. The second-order valence-electron chi connectivity index (χ2n) is 8.42. The first-order valence-corrected chi connectivity index (χ1v) is 10.9. The number of hydrogen-bond acceptors (Lipinski definition) is 7. The number of nitrogens with one attached hydrogen (secondary N) is 1. The Bertz CT molecular complexity index is 1330. The van der Waals surface area contributed by atoms with Crippen molar-refractivity contribution < 1.29 is 19.7 Å². The molecule has 0 aliphatic carbocycles. The number of phenols is 1. The minimum absolute atomic E-state index is 0.0997. The second kappa shape index (κ2) is 7.43. The van der Waals surface area contributed by atoms with E-state index in [2.05, 4.69) is 12.2 Å². The molecule has 2 aliphatic rings. The van der Waals surface area contributed by atoms with Gasteiger partial charge in [-0.25, -0.2) is 9.78 Å². The molecule has 1 unspecified atom stereocenters. The highest BCUT2D eigenvalue weighted by Crippen LogP contribution is 2.39. The highest BCUT2D eigenvalue weighted by atomic mass is 16.6. The zero-order valence-electron chi connectivity index (χ0n) is 18.1. The monoisotopic (exact) mass is 435 g/mol. The third-order valence-electron chi connectivity index (χ3n) is 6.49. The molecule has 0 saturated heterocycles. The highest BCUT2D eigenvalue weighted by molar-refractivity contribution is 5.90. The van der Waals surface area contributed by atoms with E-state index in [1.54, 1.807) is 17.6 Å². The number of benzene rings is 1. The van der Waals surface area contributed by atoms with E-state index in [-0.39, 0.29) is 24.3 Å². The summed E-state index contributed by atoms with van der Waals surface area (Å²) in [6, 6.07) is 7.27. The maximum Gasteiger partial charge on any atom is 0.343 e. The van der Waals surface area contributed by atoms with Gasteiger partial charge in [0.25, 0.3) is 5.56 Å². The van der Waals surface area contributed by atoms with Crippen molar-refractivity contribution in [3.8, 4) is 17.1 Å². The SMILES string of the molecule is CCCNCc1ccc2nc3c(cc2c1O)Cn1c-3cc2c(c1=O)COC(=O)C2(O)CC. The number of nitrogens with zero attached hydrogens (tertiary/aromatic N) is 2. The number of aliphatic hydroxyl groups is 1. The third kappa shape index (κ3) is 2.87. The number of rotatable bonds is 5. The Morgan fingerprint density at radius 2 is 2.06 bits per heavy atom. The van der Waals surface area contributed by atoms with Gasteiger partial charge in [0.1, 0.15) is 12.4 Å². The minimum Gasteiger partial charge on any atom is -0.507 e. The number of pyridine rings is 2. The van der Waals surface area contributed by atoms with E-state index in [1.165, 1.54) is 0 Å². The number of aromatic hydroxyl groups is 1. The fraction of sp³-hybridized carbons (Fsp3) is 0.375. The molecule has 2 aliphatic heterocycles. The van der Waals surface area contributed by atoms with Crippen LogP contribution in [-0.2, 0) is 34.8 Å². The molecule has 0 radical (unpaired) electrons. The number of fused-ring (bicyclic) bond motifs is 5. The molecule has 0 amide bonds. The average molecular weight is 435 g/mol. The van der Waals surface area contributed by atoms with Crippen molar-refractivity contribution in [2.75, 3.05) is 6.54 Å². The van der Waals surface area contributed by atoms with Gasteiger partial charge >= 0.3 is 5.97 Å². The molecule has 0 spiro atoms. The van der Waals surface area contributed by atoms with Gasteiger partial charge in [0.2, 0.25) is 0 Å². The van der Waals surface area contributed by atoms with E-state index in [4.69, 9.17) is 9.72 Å². The van der Waals surface area contributed by atoms with Gasteiger partial charge in [-0.2, -0.15) is 0 Å². The maximum absolute atomic E-state index is 13.2. The number of ether oxygens (including phenoxy) is 1. The van der Waals surface area contributed by atoms with E-state index in [9.17, 15) is 19.8 Å². The second-order valence-corrected chi connectivity index (χ2v) is 8.42. The molecule has 166 valence electrons. The van der Waals surface area contributed by atoms with Crippen LogP contribution >= 0.6 is 0 Å². The number of hydrogen-bond donors (Lipinski definition) is 3. The van der Waals surface area contributed by atoms with Crippen molar-refractivity contribution in [2.45, 2.75) is 52.0 Å². The first-order valence-electron chi connectivity index (χ1n) is 10.9. The molecule has 8 nitrogen and oxygen atoms in total. The number of carbonyl (C=O) groups excluding carboxylic acids is 1. The molecular weight excluding hydrogens is 410 g/mol. The third-order valence-corrected chi connectivity index (χ3v) is 6.49. The molecule has 8 heteroatoms. The first-order chi connectivity index (χ1) is 15.4. The van der Waals surface area contributed by atoms with Gasteiger partial charge in [0, 0.05) is 28.6 Å². The molecule has 32 heavy (non-hydrogen) atoms. The highest BCUT2D eigenvalue weighted by Gasteiger charge is 2.45. The van der Waals surface area contributed by atoms with Crippen LogP contribution in [0.5, 0.6) is 5.75 Å². The van der Waals surface area contributed by atoms with Crippen molar-refractivity contribution >= 4 is 16.9 Å². The molecule has 0 bridgehead atoms. The summed E-state index contributed by atoms with van der Waals surface area (Å²) < 4.78 is 6.69. The zero-order valence-corrected chi connectivity index (χ0v) is 18.1. The normalized spacial score (nSPS) is 18.9. The lowest BCUT2D eigenvalue weighted by atomic mass is 9.86. The summed E-state index contributed by atoms with van der Waals surface area (Å²) in [5.74, 6) is -0.556. The predicted molar refractivity (Wildman–Crippen MR) is 118 cm³/mol.